The van der Waals surface area contributed by atoms with Crippen LogP contribution in [-0.2, 0) is 0 Å². The largest absolute Gasteiger partial charge is 0.115 e. The lowest BCUT2D eigenvalue weighted by molar-refractivity contribution is 1.26. The molecule has 0 aromatic heterocycles. The van der Waals surface area contributed by atoms with Crippen molar-refractivity contribution < 1.29 is 0 Å². The van der Waals surface area contributed by atoms with E-state index in [-0.39, 0.29) is 0 Å². The minimum atomic E-state index is 1.06. The Kier molecular flexibility index (Phi) is 5.00. The van der Waals surface area contributed by atoms with Gasteiger partial charge in [-0.2, -0.15) is 0 Å². The first-order valence-corrected chi connectivity index (χ1v) is 8.43. The maximum absolute atomic E-state index is 2.28. The highest BCUT2D eigenvalue weighted by atomic mass is 32.2. The first-order chi connectivity index (χ1) is 9.06. The zero-order valence-corrected chi connectivity index (χ0v) is 13.6. The van der Waals surface area contributed by atoms with Gasteiger partial charge in [0.1, 0.15) is 0 Å². The summed E-state index contributed by atoms with van der Waals surface area (Å²) >= 11 is 3.87. The molecule has 2 aromatic carbocycles. The summed E-state index contributed by atoms with van der Waals surface area (Å²) in [5.41, 5.74) is 5.42. The molecule has 0 saturated heterocycles. The van der Waals surface area contributed by atoms with Crippen LogP contribution < -0.4 is 0 Å². The standard InChI is InChI=1S/C17H20S2/c1-12-5-7-14(3)16(9-12)18-11-19-17-10-13(2)6-8-15(17)4/h5-10H,11H2,1-4H3. The molecule has 0 nitrogen and oxygen atoms in total. The molecule has 0 N–H and O–H groups in total. The summed E-state index contributed by atoms with van der Waals surface area (Å²) in [6.07, 6.45) is 0. The fraction of sp³-hybridized carbons (Fsp3) is 0.294. The van der Waals surface area contributed by atoms with E-state index in [1.807, 2.05) is 23.5 Å². The molecule has 100 valence electrons. The van der Waals surface area contributed by atoms with Crippen LogP contribution in [0.25, 0.3) is 0 Å². The first kappa shape index (κ1) is 14.5. The van der Waals surface area contributed by atoms with Gasteiger partial charge in [0.25, 0.3) is 0 Å². The Hall–Kier alpha value is -0.860. The molecule has 19 heavy (non-hydrogen) atoms. The lowest BCUT2D eigenvalue weighted by Crippen LogP contribution is -1.85. The molecule has 0 spiro atoms. The predicted molar refractivity (Wildman–Crippen MR) is 88.4 cm³/mol. The van der Waals surface area contributed by atoms with Crippen LogP contribution in [-0.4, -0.2) is 5.08 Å². The van der Waals surface area contributed by atoms with Crippen LogP contribution in [0.5, 0.6) is 0 Å². The molecule has 0 unspecified atom stereocenters. The van der Waals surface area contributed by atoms with Crippen molar-refractivity contribution >= 4 is 23.5 Å². The second kappa shape index (κ2) is 6.53. The Morgan fingerprint density at radius 1 is 0.684 bits per heavy atom. The van der Waals surface area contributed by atoms with Crippen molar-refractivity contribution in [3.05, 3.63) is 58.7 Å². The molecule has 0 heterocycles. The van der Waals surface area contributed by atoms with E-state index < -0.39 is 0 Å². The first-order valence-electron chi connectivity index (χ1n) is 6.46. The molecule has 2 aromatic rings. The van der Waals surface area contributed by atoms with Gasteiger partial charge in [0, 0.05) is 14.9 Å². The van der Waals surface area contributed by atoms with Crippen LogP contribution in [0.3, 0.4) is 0 Å². The van der Waals surface area contributed by atoms with Gasteiger partial charge >= 0.3 is 0 Å². The third-order valence-electron chi connectivity index (χ3n) is 3.12. The van der Waals surface area contributed by atoms with Crippen molar-refractivity contribution in [1.29, 1.82) is 0 Å². The summed E-state index contributed by atoms with van der Waals surface area (Å²) < 4.78 is 0. The number of hydrogen-bond donors (Lipinski definition) is 0. The molecule has 0 aliphatic heterocycles. The highest BCUT2D eigenvalue weighted by molar-refractivity contribution is 8.16. The Morgan fingerprint density at radius 3 is 1.53 bits per heavy atom. The van der Waals surface area contributed by atoms with E-state index in [2.05, 4.69) is 64.1 Å². The number of rotatable bonds is 4. The lowest BCUT2D eigenvalue weighted by atomic mass is 10.2. The third-order valence-corrected chi connectivity index (χ3v) is 5.56. The molecular weight excluding hydrogens is 268 g/mol. The topological polar surface area (TPSA) is 0 Å². The van der Waals surface area contributed by atoms with Crippen molar-refractivity contribution in [2.45, 2.75) is 37.5 Å². The zero-order valence-electron chi connectivity index (χ0n) is 12.0. The van der Waals surface area contributed by atoms with Crippen LogP contribution in [0.15, 0.2) is 46.2 Å². The van der Waals surface area contributed by atoms with Crippen LogP contribution in [0.4, 0.5) is 0 Å². The number of hydrogen-bond acceptors (Lipinski definition) is 2. The van der Waals surface area contributed by atoms with E-state index in [0.29, 0.717) is 0 Å². The zero-order chi connectivity index (χ0) is 13.8. The van der Waals surface area contributed by atoms with Crippen molar-refractivity contribution in [2.24, 2.45) is 0 Å². The second-order valence-electron chi connectivity index (χ2n) is 4.94. The average molecular weight is 288 g/mol. The summed E-state index contributed by atoms with van der Waals surface area (Å²) in [4.78, 5) is 2.80. The van der Waals surface area contributed by atoms with Gasteiger partial charge in [-0.1, -0.05) is 35.4 Å². The summed E-state index contributed by atoms with van der Waals surface area (Å²) in [6, 6.07) is 13.3. The molecule has 0 fully saturated rings. The minimum Gasteiger partial charge on any atom is -0.115 e. The molecule has 2 heteroatoms. The highest BCUT2D eigenvalue weighted by Gasteiger charge is 2.03. The Bertz CT molecular complexity index is 522. The van der Waals surface area contributed by atoms with Gasteiger partial charge in [-0.05, 0) is 51.0 Å². The number of aryl methyl sites for hydroxylation is 4. The normalized spacial score (nSPS) is 10.7. The second-order valence-corrected chi connectivity index (χ2v) is 7.34. The van der Waals surface area contributed by atoms with Crippen molar-refractivity contribution in [2.75, 3.05) is 5.08 Å². The average Bonchev–Trinajstić information content (AvgIpc) is 2.38. The van der Waals surface area contributed by atoms with Crippen molar-refractivity contribution in [1.82, 2.24) is 0 Å². The summed E-state index contributed by atoms with van der Waals surface area (Å²) in [6.45, 7) is 8.68. The van der Waals surface area contributed by atoms with Gasteiger partial charge in [-0.25, -0.2) is 0 Å². The van der Waals surface area contributed by atoms with E-state index >= 15 is 0 Å². The summed E-state index contributed by atoms with van der Waals surface area (Å²) in [5.74, 6) is 0. The lowest BCUT2D eigenvalue weighted by Gasteiger charge is -2.09. The maximum atomic E-state index is 2.28. The smallest absolute Gasteiger partial charge is 0.0486 e. The number of benzene rings is 2. The van der Waals surface area contributed by atoms with Gasteiger partial charge < -0.3 is 0 Å². The molecule has 0 saturated carbocycles. The van der Waals surface area contributed by atoms with Crippen molar-refractivity contribution in [3.8, 4) is 0 Å². The molecule has 0 aliphatic carbocycles. The molecule has 0 atom stereocenters. The van der Waals surface area contributed by atoms with E-state index in [9.17, 15) is 0 Å². The van der Waals surface area contributed by atoms with Gasteiger partial charge in [-0.15, -0.1) is 23.5 Å². The van der Waals surface area contributed by atoms with E-state index in [1.165, 1.54) is 32.0 Å². The monoisotopic (exact) mass is 288 g/mol. The molecule has 0 bridgehead atoms. The molecule has 2 rings (SSSR count). The van der Waals surface area contributed by atoms with E-state index in [0.717, 1.165) is 5.08 Å². The molecular formula is C17H20S2. The number of thioether (sulfide) groups is 2. The van der Waals surface area contributed by atoms with Crippen molar-refractivity contribution in [3.63, 3.8) is 0 Å². The Balaban J connectivity index is 2.00. The third kappa shape index (κ3) is 4.05. The summed E-state index contributed by atoms with van der Waals surface area (Å²) in [5, 5.41) is 1.06. The minimum absolute atomic E-state index is 1.06. The predicted octanol–water partition coefficient (Wildman–Crippen LogP) is 5.76. The van der Waals surface area contributed by atoms with Crippen LogP contribution >= 0.6 is 23.5 Å². The van der Waals surface area contributed by atoms with Crippen LogP contribution in [0, 0.1) is 27.7 Å². The van der Waals surface area contributed by atoms with Gasteiger partial charge in [-0.3, -0.25) is 0 Å². The summed E-state index contributed by atoms with van der Waals surface area (Å²) in [7, 11) is 0. The van der Waals surface area contributed by atoms with E-state index in [4.69, 9.17) is 0 Å². The quantitative estimate of drug-likeness (QED) is 0.518. The fourth-order valence-corrected chi connectivity index (χ4v) is 4.26. The Labute approximate surface area is 125 Å². The molecule has 0 aliphatic rings. The van der Waals surface area contributed by atoms with Gasteiger partial charge in [0.05, 0.1) is 0 Å². The van der Waals surface area contributed by atoms with E-state index in [1.54, 1.807) is 0 Å². The molecule has 0 radical (unpaired) electrons. The van der Waals surface area contributed by atoms with Gasteiger partial charge in [0.2, 0.25) is 0 Å². The van der Waals surface area contributed by atoms with Crippen LogP contribution in [0.1, 0.15) is 22.3 Å². The Morgan fingerprint density at radius 2 is 1.11 bits per heavy atom. The highest BCUT2D eigenvalue weighted by Crippen LogP contribution is 2.32. The maximum Gasteiger partial charge on any atom is 0.0486 e. The SMILES string of the molecule is Cc1ccc(C)c(SCSc2cc(C)ccc2C)c1. The fourth-order valence-electron chi connectivity index (χ4n) is 1.88. The van der Waals surface area contributed by atoms with Gasteiger partial charge in [0.15, 0.2) is 0 Å². The molecule has 0 amide bonds. The van der Waals surface area contributed by atoms with Crippen LogP contribution in [0.2, 0.25) is 0 Å².